The highest BCUT2D eigenvalue weighted by Crippen LogP contribution is 2.37. The Labute approximate surface area is 181 Å². The highest BCUT2D eigenvalue weighted by Gasteiger charge is 2.28. The van der Waals surface area contributed by atoms with Gasteiger partial charge in [0, 0.05) is 27.8 Å². The van der Waals surface area contributed by atoms with Crippen molar-refractivity contribution >= 4 is 57.2 Å². The van der Waals surface area contributed by atoms with Crippen LogP contribution in [0, 0.1) is 0 Å². The summed E-state index contributed by atoms with van der Waals surface area (Å²) in [6.07, 6.45) is 2.29. The molecule has 148 valence electrons. The fraction of sp³-hybridized carbons (Fsp3) is 0.286. The van der Waals surface area contributed by atoms with Crippen molar-refractivity contribution in [2.75, 3.05) is 0 Å². The van der Waals surface area contributed by atoms with Crippen molar-refractivity contribution in [1.82, 2.24) is 15.0 Å². The third kappa shape index (κ3) is 3.48. The molecule has 0 fully saturated rings. The molecule has 1 aromatic carbocycles. The zero-order valence-electron chi connectivity index (χ0n) is 15.8. The predicted molar refractivity (Wildman–Crippen MR) is 116 cm³/mol. The number of nitrogens with zero attached hydrogens (tertiary/aromatic N) is 3. The van der Waals surface area contributed by atoms with Crippen molar-refractivity contribution in [3.8, 4) is 0 Å². The van der Waals surface area contributed by atoms with Gasteiger partial charge < -0.3 is 9.15 Å². The van der Waals surface area contributed by atoms with Crippen LogP contribution in [0.2, 0.25) is 10.0 Å². The van der Waals surface area contributed by atoms with Gasteiger partial charge in [0.15, 0.2) is 5.58 Å². The van der Waals surface area contributed by atoms with Crippen LogP contribution in [-0.4, -0.2) is 20.6 Å². The largest absolute Gasteiger partial charge is 0.433 e. The highest BCUT2D eigenvalue weighted by molar-refractivity contribution is 7.98. The first-order valence-corrected chi connectivity index (χ1v) is 10.9. The first kappa shape index (κ1) is 19.1. The van der Waals surface area contributed by atoms with Crippen molar-refractivity contribution in [3.05, 3.63) is 57.5 Å². The molecule has 5 rings (SSSR count). The Hall–Kier alpha value is -1.86. The van der Waals surface area contributed by atoms with E-state index in [4.69, 9.17) is 37.3 Å². The van der Waals surface area contributed by atoms with E-state index in [1.807, 2.05) is 18.2 Å². The molecule has 1 aliphatic rings. The maximum absolute atomic E-state index is 6.30. The van der Waals surface area contributed by atoms with Crippen LogP contribution in [0.15, 0.2) is 40.0 Å². The Morgan fingerprint density at radius 2 is 1.97 bits per heavy atom. The molecule has 0 spiro atoms. The topological polar surface area (TPSA) is 61.0 Å². The molecule has 0 saturated heterocycles. The lowest BCUT2D eigenvalue weighted by Crippen LogP contribution is -2.32. The standard InChI is InChI=1S/C21H17Cl2N3O2S/c1-21(2)7-16-11(8-27-21)6-12-17-18(28-19(12)26-16)20(25-10-24-17)29-9-13-14(22)4-3-5-15(13)23/h3-6,10H,7-9H2,1-2H3. The van der Waals surface area contributed by atoms with Gasteiger partial charge in [0.2, 0.25) is 5.71 Å². The van der Waals surface area contributed by atoms with E-state index < -0.39 is 0 Å². The van der Waals surface area contributed by atoms with E-state index >= 15 is 0 Å². The number of pyridine rings is 1. The molecule has 5 nitrogen and oxygen atoms in total. The zero-order chi connectivity index (χ0) is 20.2. The summed E-state index contributed by atoms with van der Waals surface area (Å²) in [5.74, 6) is 0.577. The summed E-state index contributed by atoms with van der Waals surface area (Å²) in [6, 6.07) is 7.57. The Kier molecular flexibility index (Phi) is 4.70. The second kappa shape index (κ2) is 7.13. The normalized spacial score (nSPS) is 15.7. The monoisotopic (exact) mass is 445 g/mol. The fourth-order valence-corrected chi connectivity index (χ4v) is 5.15. The molecule has 0 radical (unpaired) electrons. The number of rotatable bonds is 3. The van der Waals surface area contributed by atoms with Gasteiger partial charge in [-0.15, -0.1) is 0 Å². The Balaban J connectivity index is 1.56. The van der Waals surface area contributed by atoms with Crippen molar-refractivity contribution in [3.63, 3.8) is 0 Å². The molecule has 0 N–H and O–H groups in total. The number of hydrogen-bond donors (Lipinski definition) is 0. The number of ether oxygens (including phenoxy) is 1. The van der Waals surface area contributed by atoms with Crippen LogP contribution in [0.3, 0.4) is 0 Å². The Bertz CT molecular complexity index is 1240. The first-order chi connectivity index (χ1) is 13.9. The minimum atomic E-state index is -0.227. The lowest BCUT2D eigenvalue weighted by molar-refractivity contribution is -0.0411. The van der Waals surface area contributed by atoms with Crippen molar-refractivity contribution < 1.29 is 9.15 Å². The number of hydrogen-bond acceptors (Lipinski definition) is 6. The number of furan rings is 1. The third-order valence-corrected chi connectivity index (χ3v) is 6.71. The Morgan fingerprint density at radius 1 is 1.17 bits per heavy atom. The lowest BCUT2D eigenvalue weighted by Gasteiger charge is -2.30. The van der Waals surface area contributed by atoms with E-state index in [0.29, 0.717) is 33.7 Å². The smallest absolute Gasteiger partial charge is 0.229 e. The molecular weight excluding hydrogens is 429 g/mol. The van der Waals surface area contributed by atoms with Crippen molar-refractivity contribution in [2.45, 2.75) is 43.3 Å². The molecule has 3 aromatic heterocycles. The highest BCUT2D eigenvalue weighted by atomic mass is 35.5. The first-order valence-electron chi connectivity index (χ1n) is 9.17. The second-order valence-corrected chi connectivity index (χ2v) is 9.40. The number of thioether (sulfide) groups is 1. The summed E-state index contributed by atoms with van der Waals surface area (Å²) in [4.78, 5) is 13.6. The van der Waals surface area contributed by atoms with Gasteiger partial charge in [-0.25, -0.2) is 15.0 Å². The molecule has 0 bridgehead atoms. The van der Waals surface area contributed by atoms with Crippen LogP contribution < -0.4 is 0 Å². The zero-order valence-corrected chi connectivity index (χ0v) is 18.2. The number of halogens is 2. The average molecular weight is 446 g/mol. The van der Waals surface area contributed by atoms with Gasteiger partial charge in [0.1, 0.15) is 16.9 Å². The predicted octanol–water partition coefficient (Wildman–Crippen LogP) is 6.22. The van der Waals surface area contributed by atoms with Crippen LogP contribution in [0.5, 0.6) is 0 Å². The van der Waals surface area contributed by atoms with E-state index in [2.05, 4.69) is 29.9 Å². The van der Waals surface area contributed by atoms with Crippen molar-refractivity contribution in [1.29, 1.82) is 0 Å². The molecule has 29 heavy (non-hydrogen) atoms. The maximum atomic E-state index is 6.30. The summed E-state index contributed by atoms with van der Waals surface area (Å²) < 4.78 is 12.0. The van der Waals surface area contributed by atoms with Crippen molar-refractivity contribution in [2.24, 2.45) is 0 Å². The van der Waals surface area contributed by atoms with Gasteiger partial charge >= 0.3 is 0 Å². The molecule has 0 saturated carbocycles. The van der Waals surface area contributed by atoms with Gasteiger partial charge in [-0.05, 0) is 37.6 Å². The number of benzene rings is 1. The quantitative estimate of drug-likeness (QED) is 0.275. The minimum absolute atomic E-state index is 0.227. The molecule has 1 aliphatic heterocycles. The van der Waals surface area contributed by atoms with Gasteiger partial charge in [-0.1, -0.05) is 41.0 Å². The molecule has 4 aromatic rings. The molecule has 8 heteroatoms. The van der Waals surface area contributed by atoms with Crippen LogP contribution in [0.4, 0.5) is 0 Å². The molecule has 0 amide bonds. The Morgan fingerprint density at radius 3 is 2.76 bits per heavy atom. The number of aromatic nitrogens is 3. The van der Waals surface area contributed by atoms with Crippen LogP contribution in [0.1, 0.15) is 30.7 Å². The third-order valence-electron chi connectivity index (χ3n) is 5.01. The van der Waals surface area contributed by atoms with Gasteiger partial charge in [0.05, 0.1) is 23.3 Å². The SMILES string of the molecule is CC1(C)Cc2nc3oc4c(SCc5c(Cl)cccc5Cl)ncnc4c3cc2CO1. The van der Waals surface area contributed by atoms with E-state index in [0.717, 1.165) is 39.2 Å². The van der Waals surface area contributed by atoms with E-state index in [-0.39, 0.29) is 5.60 Å². The fourth-order valence-electron chi connectivity index (χ4n) is 3.48. The summed E-state index contributed by atoms with van der Waals surface area (Å²) in [5, 5.41) is 2.88. The van der Waals surface area contributed by atoms with Gasteiger partial charge in [-0.3, -0.25) is 0 Å². The molecule has 0 atom stereocenters. The minimum Gasteiger partial charge on any atom is -0.433 e. The van der Waals surface area contributed by atoms with Crippen LogP contribution in [-0.2, 0) is 23.5 Å². The summed E-state index contributed by atoms with van der Waals surface area (Å²) in [5.41, 5.74) is 4.70. The maximum Gasteiger partial charge on any atom is 0.229 e. The van der Waals surface area contributed by atoms with E-state index in [1.165, 1.54) is 11.8 Å². The molecular formula is C21H17Cl2N3O2S. The van der Waals surface area contributed by atoms with Crippen LogP contribution in [0.25, 0.3) is 22.2 Å². The number of fused-ring (bicyclic) bond motifs is 4. The lowest BCUT2D eigenvalue weighted by atomic mass is 9.95. The second-order valence-electron chi connectivity index (χ2n) is 7.62. The summed E-state index contributed by atoms with van der Waals surface area (Å²) in [7, 11) is 0. The molecule has 0 unspecified atom stereocenters. The van der Waals surface area contributed by atoms with Gasteiger partial charge in [-0.2, -0.15) is 0 Å². The molecule has 0 aliphatic carbocycles. The average Bonchev–Trinajstić information content (AvgIpc) is 3.03. The molecule has 4 heterocycles. The van der Waals surface area contributed by atoms with Crippen LogP contribution >= 0.6 is 35.0 Å². The van der Waals surface area contributed by atoms with E-state index in [1.54, 1.807) is 6.33 Å². The summed E-state index contributed by atoms with van der Waals surface area (Å²) >= 11 is 14.1. The summed E-state index contributed by atoms with van der Waals surface area (Å²) in [6.45, 7) is 4.68. The van der Waals surface area contributed by atoms with Gasteiger partial charge in [0.25, 0.3) is 0 Å². The van der Waals surface area contributed by atoms with E-state index in [9.17, 15) is 0 Å².